The number of hydrogen-bond acceptors (Lipinski definition) is 4. The van der Waals surface area contributed by atoms with E-state index < -0.39 is 4.92 Å². The zero-order valence-corrected chi connectivity index (χ0v) is 14.7. The number of nitrogens with zero attached hydrogens (tertiary/aromatic N) is 2. The van der Waals surface area contributed by atoms with E-state index in [4.69, 9.17) is 11.6 Å². The minimum Gasteiger partial charge on any atom is -0.359 e. The molecule has 0 aromatic heterocycles. The highest BCUT2D eigenvalue weighted by molar-refractivity contribution is 6.33. The molecule has 0 saturated carbocycles. The molecule has 25 heavy (non-hydrogen) atoms. The van der Waals surface area contributed by atoms with Crippen LogP contribution in [0.2, 0.25) is 5.02 Å². The summed E-state index contributed by atoms with van der Waals surface area (Å²) in [6.07, 6.45) is 0.676. The third kappa shape index (κ3) is 3.58. The van der Waals surface area contributed by atoms with Crippen LogP contribution in [0.25, 0.3) is 0 Å². The lowest BCUT2D eigenvalue weighted by Gasteiger charge is -2.24. The van der Waals surface area contributed by atoms with Crippen molar-refractivity contribution < 1.29 is 9.72 Å². The van der Waals surface area contributed by atoms with Crippen molar-refractivity contribution in [2.75, 3.05) is 16.8 Å². The van der Waals surface area contributed by atoms with Crippen molar-refractivity contribution in [1.82, 2.24) is 0 Å². The van der Waals surface area contributed by atoms with Crippen molar-refractivity contribution in [3.05, 3.63) is 62.7 Å². The summed E-state index contributed by atoms with van der Waals surface area (Å²) >= 11 is 6.15. The Balaban J connectivity index is 1.75. The third-order valence-electron chi connectivity index (χ3n) is 4.34. The van der Waals surface area contributed by atoms with E-state index in [1.54, 1.807) is 24.3 Å². The number of carbonyl (C=O) groups is 1. The molecule has 6 nitrogen and oxygen atoms in total. The first-order valence-corrected chi connectivity index (χ1v) is 8.33. The lowest BCUT2D eigenvalue weighted by molar-refractivity contribution is -0.384. The number of nitrogens with one attached hydrogen (secondary N) is 1. The normalized spacial score (nSPS) is 15.8. The molecule has 1 atom stereocenters. The number of non-ortho nitro benzene ring substituents is 1. The number of anilines is 2. The van der Waals surface area contributed by atoms with Gasteiger partial charge in [0, 0.05) is 23.9 Å². The predicted molar refractivity (Wildman–Crippen MR) is 98.4 cm³/mol. The summed E-state index contributed by atoms with van der Waals surface area (Å²) in [5, 5.41) is 14.2. The molecule has 1 aliphatic heterocycles. The van der Waals surface area contributed by atoms with Gasteiger partial charge in [0.15, 0.2) is 0 Å². The van der Waals surface area contributed by atoms with Gasteiger partial charge in [0.1, 0.15) is 0 Å². The van der Waals surface area contributed by atoms with E-state index in [1.165, 1.54) is 6.07 Å². The van der Waals surface area contributed by atoms with E-state index in [0.29, 0.717) is 17.1 Å². The van der Waals surface area contributed by atoms with Crippen LogP contribution in [0.3, 0.4) is 0 Å². The van der Waals surface area contributed by atoms with Crippen molar-refractivity contribution in [3.8, 4) is 0 Å². The summed E-state index contributed by atoms with van der Waals surface area (Å²) in [6.45, 7) is 4.09. The van der Waals surface area contributed by atoms with Crippen LogP contribution in [0.5, 0.6) is 0 Å². The first kappa shape index (κ1) is 17.2. The maximum atomic E-state index is 12.4. The SMILES string of the molecule is Cc1ccc(NC(=O)CN2c3ccc([N+](=O)[O-])cc3CC2C)c(Cl)c1. The molecule has 0 radical (unpaired) electrons. The lowest BCUT2D eigenvalue weighted by Crippen LogP contribution is -2.37. The molecule has 1 heterocycles. The van der Waals surface area contributed by atoms with Crippen molar-refractivity contribution in [2.45, 2.75) is 26.3 Å². The smallest absolute Gasteiger partial charge is 0.269 e. The van der Waals surface area contributed by atoms with Gasteiger partial charge in [-0.1, -0.05) is 17.7 Å². The molecule has 2 aromatic rings. The van der Waals surface area contributed by atoms with Crippen LogP contribution in [0.15, 0.2) is 36.4 Å². The van der Waals surface area contributed by atoms with Gasteiger partial charge in [0.05, 0.1) is 22.2 Å². The topological polar surface area (TPSA) is 75.5 Å². The second-order valence-corrected chi connectivity index (χ2v) is 6.69. The average Bonchev–Trinajstić information content (AvgIpc) is 2.85. The van der Waals surface area contributed by atoms with Gasteiger partial charge in [-0.15, -0.1) is 0 Å². The Hall–Kier alpha value is -2.60. The van der Waals surface area contributed by atoms with E-state index in [9.17, 15) is 14.9 Å². The standard InChI is InChI=1S/C18H18ClN3O3/c1-11-3-5-16(15(19)7-11)20-18(23)10-21-12(2)8-13-9-14(22(24)25)4-6-17(13)21/h3-7,9,12H,8,10H2,1-2H3,(H,20,23). The molecule has 0 saturated heterocycles. The number of aryl methyl sites for hydroxylation is 1. The second kappa shape index (κ2) is 6.72. The molecule has 1 aliphatic rings. The molecule has 1 N–H and O–H groups in total. The van der Waals surface area contributed by atoms with Crippen LogP contribution in [0.1, 0.15) is 18.1 Å². The zero-order valence-electron chi connectivity index (χ0n) is 14.0. The van der Waals surface area contributed by atoms with Gasteiger partial charge in [-0.2, -0.15) is 0 Å². The van der Waals surface area contributed by atoms with Gasteiger partial charge < -0.3 is 10.2 Å². The molecule has 0 bridgehead atoms. The largest absolute Gasteiger partial charge is 0.359 e. The van der Waals surface area contributed by atoms with Crippen LogP contribution >= 0.6 is 11.6 Å². The quantitative estimate of drug-likeness (QED) is 0.662. The molecule has 7 heteroatoms. The molecule has 2 aromatic carbocycles. The van der Waals surface area contributed by atoms with Crippen LogP contribution in [0, 0.1) is 17.0 Å². The predicted octanol–water partition coefficient (Wildman–Crippen LogP) is 3.95. The van der Waals surface area contributed by atoms with Gasteiger partial charge >= 0.3 is 0 Å². The number of carbonyl (C=O) groups excluding carboxylic acids is 1. The maximum Gasteiger partial charge on any atom is 0.269 e. The van der Waals surface area contributed by atoms with Crippen molar-refractivity contribution in [3.63, 3.8) is 0 Å². The number of hydrogen-bond donors (Lipinski definition) is 1. The Morgan fingerprint density at radius 3 is 2.80 bits per heavy atom. The number of nitro benzene ring substituents is 1. The molecule has 1 amide bonds. The van der Waals surface area contributed by atoms with Crippen molar-refractivity contribution in [2.24, 2.45) is 0 Å². The van der Waals surface area contributed by atoms with Crippen LogP contribution in [-0.2, 0) is 11.2 Å². The molecule has 3 rings (SSSR count). The minimum absolute atomic E-state index is 0.0729. The van der Waals surface area contributed by atoms with Gasteiger partial charge in [0.25, 0.3) is 5.69 Å². The van der Waals surface area contributed by atoms with E-state index in [0.717, 1.165) is 16.8 Å². The fourth-order valence-corrected chi connectivity index (χ4v) is 3.38. The van der Waals surface area contributed by atoms with E-state index >= 15 is 0 Å². The Labute approximate surface area is 150 Å². The lowest BCUT2D eigenvalue weighted by atomic mass is 10.1. The van der Waals surface area contributed by atoms with E-state index in [2.05, 4.69) is 5.32 Å². The monoisotopic (exact) mass is 359 g/mol. The van der Waals surface area contributed by atoms with Crippen LogP contribution < -0.4 is 10.2 Å². The van der Waals surface area contributed by atoms with Gasteiger partial charge in [-0.25, -0.2) is 0 Å². The fourth-order valence-electron chi connectivity index (χ4n) is 3.10. The van der Waals surface area contributed by atoms with E-state index in [1.807, 2.05) is 24.8 Å². The van der Waals surface area contributed by atoms with Crippen LogP contribution in [-0.4, -0.2) is 23.4 Å². The molecule has 0 fully saturated rings. The fraction of sp³-hybridized carbons (Fsp3) is 0.278. The Morgan fingerprint density at radius 1 is 1.36 bits per heavy atom. The highest BCUT2D eigenvalue weighted by Gasteiger charge is 2.29. The molecular weight excluding hydrogens is 342 g/mol. The number of amides is 1. The molecule has 0 aliphatic carbocycles. The minimum atomic E-state index is -0.403. The number of nitro groups is 1. The van der Waals surface area contributed by atoms with Gasteiger partial charge in [-0.3, -0.25) is 14.9 Å². The summed E-state index contributed by atoms with van der Waals surface area (Å²) in [5.41, 5.74) is 3.43. The number of rotatable bonds is 4. The highest BCUT2D eigenvalue weighted by Crippen LogP contribution is 2.34. The van der Waals surface area contributed by atoms with Crippen LogP contribution in [0.4, 0.5) is 17.1 Å². The Kier molecular flexibility index (Phi) is 4.63. The van der Waals surface area contributed by atoms with Crippen molar-refractivity contribution >= 4 is 34.6 Å². The molecule has 0 spiro atoms. The first-order chi connectivity index (χ1) is 11.8. The van der Waals surface area contributed by atoms with Crippen molar-refractivity contribution in [1.29, 1.82) is 0 Å². The highest BCUT2D eigenvalue weighted by atomic mass is 35.5. The number of fused-ring (bicyclic) bond motifs is 1. The first-order valence-electron chi connectivity index (χ1n) is 7.95. The number of benzene rings is 2. The van der Waals surface area contributed by atoms with Gasteiger partial charge in [-0.05, 0) is 49.6 Å². The second-order valence-electron chi connectivity index (χ2n) is 6.28. The maximum absolute atomic E-state index is 12.4. The van der Waals surface area contributed by atoms with E-state index in [-0.39, 0.29) is 24.2 Å². The molecule has 1 unspecified atom stereocenters. The third-order valence-corrected chi connectivity index (χ3v) is 4.66. The summed E-state index contributed by atoms with van der Waals surface area (Å²) in [6, 6.07) is 10.3. The van der Waals surface area contributed by atoms with Gasteiger partial charge in [0.2, 0.25) is 5.91 Å². The Morgan fingerprint density at radius 2 is 2.12 bits per heavy atom. The average molecular weight is 360 g/mol. The molecule has 130 valence electrons. The number of halogens is 1. The zero-order chi connectivity index (χ0) is 18.1. The molecular formula is C18H18ClN3O3. The summed E-state index contributed by atoms with van der Waals surface area (Å²) in [5.74, 6) is -0.177. The Bertz CT molecular complexity index is 853. The summed E-state index contributed by atoms with van der Waals surface area (Å²) in [7, 11) is 0. The summed E-state index contributed by atoms with van der Waals surface area (Å²) in [4.78, 5) is 24.9. The summed E-state index contributed by atoms with van der Waals surface area (Å²) < 4.78 is 0.